The van der Waals surface area contributed by atoms with E-state index in [-0.39, 0.29) is 17.4 Å². The maximum absolute atomic E-state index is 13.7. The quantitative estimate of drug-likeness (QED) is 0.725. The molecule has 1 atom stereocenters. The predicted octanol–water partition coefficient (Wildman–Crippen LogP) is 3.67. The number of hydrogen-bond acceptors (Lipinski definition) is 3. The Balaban J connectivity index is 2.34. The molecule has 0 radical (unpaired) electrons. The van der Waals surface area contributed by atoms with E-state index in [9.17, 15) is 9.18 Å². The van der Waals surface area contributed by atoms with E-state index >= 15 is 0 Å². The highest BCUT2D eigenvalue weighted by Gasteiger charge is 2.14. The summed E-state index contributed by atoms with van der Waals surface area (Å²) in [6.07, 6.45) is 1.55. The lowest BCUT2D eigenvalue weighted by molar-refractivity contribution is 0.559. The molecule has 0 saturated heterocycles. The Labute approximate surface area is 127 Å². The van der Waals surface area contributed by atoms with Crippen LogP contribution in [0.5, 0.6) is 0 Å². The van der Waals surface area contributed by atoms with Gasteiger partial charge in [-0.25, -0.2) is 9.37 Å². The molecule has 0 amide bonds. The van der Waals surface area contributed by atoms with E-state index in [1.165, 1.54) is 12.1 Å². The molecule has 4 nitrogen and oxygen atoms in total. The Morgan fingerprint density at radius 2 is 1.95 bits per heavy atom. The Hall–Kier alpha value is -2.43. The molecule has 0 aliphatic heterocycles. The summed E-state index contributed by atoms with van der Waals surface area (Å²) in [6, 6.07) is 6.38. The molecule has 2 N–H and O–H groups in total. The lowest BCUT2D eigenvalue weighted by Crippen LogP contribution is -2.22. The number of aromatic amines is 1. The summed E-state index contributed by atoms with van der Waals surface area (Å²) in [5, 5.41) is 5.11. The number of rotatable bonds is 3. The zero-order valence-corrected chi connectivity index (χ0v) is 12.8. The minimum absolute atomic E-state index is 0.209. The Morgan fingerprint density at radius 1 is 1.18 bits per heavy atom. The zero-order chi connectivity index (χ0) is 15.9. The van der Waals surface area contributed by atoms with E-state index in [1.54, 1.807) is 18.3 Å². The van der Waals surface area contributed by atoms with Crippen molar-refractivity contribution in [3.05, 3.63) is 46.6 Å². The summed E-state index contributed by atoms with van der Waals surface area (Å²) in [4.78, 5) is 19.3. The van der Waals surface area contributed by atoms with Gasteiger partial charge in [0.15, 0.2) is 0 Å². The van der Waals surface area contributed by atoms with Crippen LogP contribution in [0.15, 0.2) is 35.3 Å². The molecule has 2 aromatic heterocycles. The molecule has 0 aliphatic carbocycles. The maximum Gasteiger partial charge on any atom is 0.258 e. The van der Waals surface area contributed by atoms with Gasteiger partial charge in [-0.15, -0.1) is 0 Å². The first-order valence-corrected chi connectivity index (χ1v) is 7.34. The van der Waals surface area contributed by atoms with Crippen LogP contribution in [0.25, 0.3) is 21.7 Å². The predicted molar refractivity (Wildman–Crippen MR) is 87.8 cm³/mol. The molecule has 3 aromatic rings. The molecule has 0 fully saturated rings. The molecule has 1 aromatic carbocycles. The third-order valence-corrected chi connectivity index (χ3v) is 4.04. The molecule has 114 valence electrons. The summed E-state index contributed by atoms with van der Waals surface area (Å²) in [6.45, 7) is 6.31. The van der Waals surface area contributed by atoms with Gasteiger partial charge in [-0.05, 0) is 37.1 Å². The van der Waals surface area contributed by atoms with E-state index in [0.29, 0.717) is 28.0 Å². The molecule has 3 rings (SSSR count). The number of anilines is 1. The Morgan fingerprint density at radius 3 is 2.68 bits per heavy atom. The number of nitrogens with zero attached hydrogens (tertiary/aromatic N) is 1. The fraction of sp³-hybridized carbons (Fsp3) is 0.294. The molecule has 0 bridgehead atoms. The van der Waals surface area contributed by atoms with Gasteiger partial charge in [-0.2, -0.15) is 0 Å². The first-order valence-electron chi connectivity index (χ1n) is 7.34. The topological polar surface area (TPSA) is 57.8 Å². The average molecular weight is 299 g/mol. The van der Waals surface area contributed by atoms with E-state index < -0.39 is 0 Å². The number of H-pyrrole nitrogens is 1. The number of nitrogens with one attached hydrogen (secondary N) is 2. The van der Waals surface area contributed by atoms with Gasteiger partial charge in [0.25, 0.3) is 5.56 Å². The first kappa shape index (κ1) is 14.5. The minimum atomic E-state index is -0.369. The van der Waals surface area contributed by atoms with Gasteiger partial charge in [0.05, 0.1) is 10.9 Å². The standard InChI is InChI=1S/C17H18FN3O/c1-9(2)10(3)20-16-12-5-4-11(18)8-13(12)15-14(21-16)6-7-19-17(15)22/h4-10H,1-3H3,(H,19,22)(H,20,21)/t10-/m1/s1. The number of hydrogen-bond donors (Lipinski definition) is 2. The van der Waals surface area contributed by atoms with Crippen molar-refractivity contribution in [1.82, 2.24) is 9.97 Å². The molecule has 2 heterocycles. The van der Waals surface area contributed by atoms with Gasteiger partial charge < -0.3 is 10.3 Å². The molecule has 0 saturated carbocycles. The third kappa shape index (κ3) is 2.43. The van der Waals surface area contributed by atoms with Crippen LogP contribution in [-0.2, 0) is 0 Å². The number of pyridine rings is 2. The summed E-state index contributed by atoms with van der Waals surface area (Å²) in [7, 11) is 0. The van der Waals surface area contributed by atoms with Crippen molar-refractivity contribution in [2.45, 2.75) is 26.8 Å². The van der Waals surface area contributed by atoms with Gasteiger partial charge in [-0.1, -0.05) is 13.8 Å². The summed E-state index contributed by atoms with van der Waals surface area (Å²) >= 11 is 0. The smallest absolute Gasteiger partial charge is 0.258 e. The second-order valence-corrected chi connectivity index (χ2v) is 5.89. The third-order valence-electron chi connectivity index (χ3n) is 4.04. The van der Waals surface area contributed by atoms with Gasteiger partial charge >= 0.3 is 0 Å². The van der Waals surface area contributed by atoms with E-state index in [0.717, 1.165) is 5.39 Å². The van der Waals surface area contributed by atoms with Gasteiger partial charge in [0, 0.05) is 23.0 Å². The van der Waals surface area contributed by atoms with Crippen molar-refractivity contribution in [2.24, 2.45) is 5.92 Å². The van der Waals surface area contributed by atoms with Crippen LogP contribution in [0.2, 0.25) is 0 Å². The zero-order valence-electron chi connectivity index (χ0n) is 12.8. The van der Waals surface area contributed by atoms with E-state index in [2.05, 4.69) is 36.1 Å². The molecule has 0 spiro atoms. The number of benzene rings is 1. The summed E-state index contributed by atoms with van der Waals surface area (Å²) in [5.41, 5.74) is 0.296. The summed E-state index contributed by atoms with van der Waals surface area (Å²) < 4.78 is 13.7. The summed E-state index contributed by atoms with van der Waals surface area (Å²) in [5.74, 6) is 0.729. The van der Waals surface area contributed by atoms with Gasteiger partial charge in [-0.3, -0.25) is 4.79 Å². The van der Waals surface area contributed by atoms with Crippen LogP contribution in [0.4, 0.5) is 10.2 Å². The minimum Gasteiger partial charge on any atom is -0.367 e. The highest BCUT2D eigenvalue weighted by molar-refractivity contribution is 6.09. The first-order chi connectivity index (χ1) is 10.5. The van der Waals surface area contributed by atoms with Crippen LogP contribution in [-0.4, -0.2) is 16.0 Å². The fourth-order valence-electron chi connectivity index (χ4n) is 2.42. The van der Waals surface area contributed by atoms with Crippen molar-refractivity contribution < 1.29 is 4.39 Å². The molecule has 0 aliphatic rings. The van der Waals surface area contributed by atoms with Crippen LogP contribution < -0.4 is 10.9 Å². The normalized spacial score (nSPS) is 13.0. The van der Waals surface area contributed by atoms with Crippen molar-refractivity contribution in [3.8, 4) is 0 Å². The van der Waals surface area contributed by atoms with Crippen LogP contribution in [0.1, 0.15) is 20.8 Å². The monoisotopic (exact) mass is 299 g/mol. The molecule has 5 heteroatoms. The van der Waals surface area contributed by atoms with Crippen LogP contribution >= 0.6 is 0 Å². The fourth-order valence-corrected chi connectivity index (χ4v) is 2.42. The molecule has 22 heavy (non-hydrogen) atoms. The Bertz CT molecular complexity index is 901. The van der Waals surface area contributed by atoms with Crippen LogP contribution in [0.3, 0.4) is 0 Å². The SMILES string of the molecule is CC(C)[C@@H](C)Nc1nc2cc[nH]c(=O)c2c2cc(F)ccc12. The second kappa shape index (κ2) is 5.40. The molecular formula is C17H18FN3O. The number of aromatic nitrogens is 2. The second-order valence-electron chi connectivity index (χ2n) is 5.89. The maximum atomic E-state index is 13.7. The average Bonchev–Trinajstić information content (AvgIpc) is 2.46. The van der Waals surface area contributed by atoms with E-state index in [4.69, 9.17) is 0 Å². The van der Waals surface area contributed by atoms with Gasteiger partial charge in [0.1, 0.15) is 11.6 Å². The van der Waals surface area contributed by atoms with Crippen molar-refractivity contribution in [1.29, 1.82) is 0 Å². The highest BCUT2D eigenvalue weighted by Crippen LogP contribution is 2.28. The van der Waals surface area contributed by atoms with Crippen LogP contribution in [0, 0.1) is 11.7 Å². The van der Waals surface area contributed by atoms with Crippen molar-refractivity contribution in [3.63, 3.8) is 0 Å². The molecular weight excluding hydrogens is 281 g/mol. The Kier molecular flexibility index (Phi) is 3.56. The van der Waals surface area contributed by atoms with Gasteiger partial charge in [0.2, 0.25) is 0 Å². The van der Waals surface area contributed by atoms with Crippen molar-refractivity contribution in [2.75, 3.05) is 5.32 Å². The number of halogens is 1. The number of fused-ring (bicyclic) bond motifs is 3. The lowest BCUT2D eigenvalue weighted by atomic mass is 10.0. The lowest BCUT2D eigenvalue weighted by Gasteiger charge is -2.20. The largest absolute Gasteiger partial charge is 0.367 e. The van der Waals surface area contributed by atoms with Crippen molar-refractivity contribution >= 4 is 27.5 Å². The highest BCUT2D eigenvalue weighted by atomic mass is 19.1. The molecule has 0 unspecified atom stereocenters. The van der Waals surface area contributed by atoms with E-state index in [1.807, 2.05) is 0 Å².